The molecule has 20 heavy (non-hydrogen) atoms. The van der Waals surface area contributed by atoms with Gasteiger partial charge in [-0.25, -0.2) is 4.98 Å². The minimum Gasteiger partial charge on any atom is -0.481 e. The molecule has 1 aromatic carbocycles. The van der Waals surface area contributed by atoms with Crippen molar-refractivity contribution >= 4 is 27.3 Å². The third-order valence-corrected chi connectivity index (χ3v) is 4.21. The lowest BCUT2D eigenvalue weighted by atomic mass is 10.2. The van der Waals surface area contributed by atoms with E-state index in [1.165, 1.54) is 4.88 Å². The Labute approximate surface area is 131 Å². The molecule has 0 saturated carbocycles. The molecule has 0 bridgehead atoms. The molecule has 0 aliphatic heterocycles. The molecule has 1 N–H and O–H groups in total. The highest BCUT2D eigenvalue weighted by Gasteiger charge is 2.06. The maximum atomic E-state index is 5.55. The number of halogens is 1. The highest BCUT2D eigenvalue weighted by atomic mass is 79.9. The van der Waals surface area contributed by atoms with Crippen LogP contribution in [0.3, 0.4) is 0 Å². The van der Waals surface area contributed by atoms with Gasteiger partial charge in [0.25, 0.3) is 0 Å². The molecule has 0 amide bonds. The SMILES string of the molecule is C#CCOc1ccc(Br)cc1CNCc1scnc1C. The zero-order valence-corrected chi connectivity index (χ0v) is 13.6. The van der Waals surface area contributed by atoms with E-state index in [2.05, 4.69) is 32.2 Å². The highest BCUT2D eigenvalue weighted by Crippen LogP contribution is 2.23. The molecule has 1 heterocycles. The number of terminal acetylenes is 1. The second-order valence-electron chi connectivity index (χ2n) is 4.21. The van der Waals surface area contributed by atoms with E-state index in [9.17, 15) is 0 Å². The lowest BCUT2D eigenvalue weighted by Crippen LogP contribution is -2.13. The van der Waals surface area contributed by atoms with E-state index in [0.717, 1.165) is 34.6 Å². The Hall–Kier alpha value is -1.35. The minimum absolute atomic E-state index is 0.280. The van der Waals surface area contributed by atoms with Crippen LogP contribution in [-0.2, 0) is 13.1 Å². The molecule has 0 aliphatic rings. The fourth-order valence-corrected chi connectivity index (χ4v) is 2.91. The molecule has 0 unspecified atom stereocenters. The number of nitrogens with zero attached hydrogens (tertiary/aromatic N) is 1. The van der Waals surface area contributed by atoms with Gasteiger partial charge in [0.2, 0.25) is 0 Å². The van der Waals surface area contributed by atoms with E-state index in [-0.39, 0.29) is 6.61 Å². The minimum atomic E-state index is 0.280. The van der Waals surface area contributed by atoms with E-state index < -0.39 is 0 Å². The van der Waals surface area contributed by atoms with Crippen LogP contribution >= 0.6 is 27.3 Å². The Morgan fingerprint density at radius 1 is 1.45 bits per heavy atom. The summed E-state index contributed by atoms with van der Waals surface area (Å²) in [5.41, 5.74) is 4.03. The molecule has 0 saturated heterocycles. The van der Waals surface area contributed by atoms with Crippen LogP contribution in [0.15, 0.2) is 28.2 Å². The maximum absolute atomic E-state index is 5.55. The molecule has 104 valence electrons. The zero-order chi connectivity index (χ0) is 14.4. The number of aromatic nitrogens is 1. The van der Waals surface area contributed by atoms with Gasteiger partial charge in [0.15, 0.2) is 0 Å². The Kier molecular flexibility index (Phi) is 5.60. The van der Waals surface area contributed by atoms with Crippen LogP contribution in [-0.4, -0.2) is 11.6 Å². The summed E-state index contributed by atoms with van der Waals surface area (Å²) >= 11 is 5.14. The smallest absolute Gasteiger partial charge is 0.148 e. The molecular formula is C15H15BrN2OS. The first-order chi connectivity index (χ1) is 9.70. The van der Waals surface area contributed by atoms with Crippen LogP contribution < -0.4 is 10.1 Å². The highest BCUT2D eigenvalue weighted by molar-refractivity contribution is 9.10. The van der Waals surface area contributed by atoms with E-state index in [1.807, 2.05) is 30.6 Å². The van der Waals surface area contributed by atoms with Crippen molar-refractivity contribution in [3.63, 3.8) is 0 Å². The molecule has 3 nitrogen and oxygen atoms in total. The first-order valence-electron chi connectivity index (χ1n) is 6.15. The lowest BCUT2D eigenvalue weighted by Gasteiger charge is -2.11. The van der Waals surface area contributed by atoms with Gasteiger partial charge in [0, 0.05) is 28.0 Å². The molecule has 2 aromatic rings. The fourth-order valence-electron chi connectivity index (χ4n) is 1.75. The summed E-state index contributed by atoms with van der Waals surface area (Å²) in [6, 6.07) is 5.91. The number of aryl methyl sites for hydroxylation is 1. The molecule has 0 fully saturated rings. The lowest BCUT2D eigenvalue weighted by molar-refractivity contribution is 0.364. The largest absolute Gasteiger partial charge is 0.481 e. The number of nitrogens with one attached hydrogen (secondary N) is 1. The molecule has 2 rings (SSSR count). The maximum Gasteiger partial charge on any atom is 0.148 e. The summed E-state index contributed by atoms with van der Waals surface area (Å²) in [6.45, 7) is 3.82. The molecule has 1 aromatic heterocycles. The predicted octanol–water partition coefficient (Wildman–Crippen LogP) is 3.52. The van der Waals surface area contributed by atoms with Crippen molar-refractivity contribution in [2.45, 2.75) is 20.0 Å². The molecular weight excluding hydrogens is 336 g/mol. The van der Waals surface area contributed by atoms with E-state index in [1.54, 1.807) is 11.3 Å². The second kappa shape index (κ2) is 7.44. The van der Waals surface area contributed by atoms with Gasteiger partial charge < -0.3 is 10.1 Å². The van der Waals surface area contributed by atoms with Crippen molar-refractivity contribution in [3.05, 3.63) is 44.3 Å². The van der Waals surface area contributed by atoms with Crippen molar-refractivity contribution in [1.82, 2.24) is 10.3 Å². The van der Waals surface area contributed by atoms with Gasteiger partial charge in [-0.05, 0) is 25.1 Å². The van der Waals surface area contributed by atoms with Crippen LogP contribution in [0.4, 0.5) is 0 Å². The van der Waals surface area contributed by atoms with Gasteiger partial charge in [0.05, 0.1) is 11.2 Å². The van der Waals surface area contributed by atoms with Crippen molar-refractivity contribution in [2.24, 2.45) is 0 Å². The number of ether oxygens (including phenoxy) is 1. The normalized spacial score (nSPS) is 10.2. The summed E-state index contributed by atoms with van der Waals surface area (Å²) in [6.07, 6.45) is 5.23. The van der Waals surface area contributed by atoms with Crippen molar-refractivity contribution in [1.29, 1.82) is 0 Å². The van der Waals surface area contributed by atoms with E-state index >= 15 is 0 Å². The Bertz CT molecular complexity index is 619. The summed E-state index contributed by atoms with van der Waals surface area (Å²) in [4.78, 5) is 5.49. The number of benzene rings is 1. The summed E-state index contributed by atoms with van der Waals surface area (Å²) < 4.78 is 6.57. The second-order valence-corrected chi connectivity index (χ2v) is 6.06. The van der Waals surface area contributed by atoms with E-state index in [4.69, 9.17) is 11.2 Å². The van der Waals surface area contributed by atoms with Gasteiger partial charge in [0.1, 0.15) is 12.4 Å². The van der Waals surface area contributed by atoms with Crippen LogP contribution in [0.2, 0.25) is 0 Å². The monoisotopic (exact) mass is 350 g/mol. The Balaban J connectivity index is 1.99. The van der Waals surface area contributed by atoms with Crippen molar-refractivity contribution < 1.29 is 4.74 Å². The standard InChI is InChI=1S/C15H15BrN2OS/c1-3-6-19-14-5-4-13(16)7-12(14)8-17-9-15-11(2)18-10-20-15/h1,4-5,7,10,17H,6,8-9H2,2H3. The fraction of sp³-hybridized carbons (Fsp3) is 0.267. The van der Waals surface area contributed by atoms with E-state index in [0.29, 0.717) is 0 Å². The summed E-state index contributed by atoms with van der Waals surface area (Å²) in [5.74, 6) is 3.30. The average Bonchev–Trinajstić information content (AvgIpc) is 2.84. The molecule has 0 spiro atoms. The number of thiazole rings is 1. The van der Waals surface area contributed by atoms with Gasteiger partial charge in [-0.15, -0.1) is 17.8 Å². The first-order valence-corrected chi connectivity index (χ1v) is 7.82. The summed E-state index contributed by atoms with van der Waals surface area (Å²) in [5, 5.41) is 3.41. The molecule has 5 heteroatoms. The first kappa shape index (κ1) is 15.0. The third-order valence-electron chi connectivity index (χ3n) is 2.78. The predicted molar refractivity (Wildman–Crippen MR) is 85.9 cm³/mol. The number of rotatable bonds is 6. The van der Waals surface area contributed by atoms with Crippen molar-refractivity contribution in [2.75, 3.05) is 6.61 Å². The van der Waals surface area contributed by atoms with Gasteiger partial charge in [-0.3, -0.25) is 0 Å². The van der Waals surface area contributed by atoms with Crippen molar-refractivity contribution in [3.8, 4) is 18.1 Å². The quantitative estimate of drug-likeness (QED) is 0.809. The Morgan fingerprint density at radius 3 is 3.00 bits per heavy atom. The van der Waals surface area contributed by atoms with Crippen LogP contribution in [0, 0.1) is 19.3 Å². The topological polar surface area (TPSA) is 34.1 Å². The molecule has 0 radical (unpaired) electrons. The van der Waals surface area contributed by atoms with Gasteiger partial charge >= 0.3 is 0 Å². The average molecular weight is 351 g/mol. The Morgan fingerprint density at radius 2 is 2.30 bits per heavy atom. The zero-order valence-electron chi connectivity index (χ0n) is 11.1. The van der Waals surface area contributed by atoms with Crippen LogP contribution in [0.25, 0.3) is 0 Å². The molecule has 0 aliphatic carbocycles. The summed E-state index contributed by atoms with van der Waals surface area (Å²) in [7, 11) is 0. The number of hydrogen-bond acceptors (Lipinski definition) is 4. The molecule has 0 atom stereocenters. The van der Waals surface area contributed by atoms with Crippen LogP contribution in [0.1, 0.15) is 16.1 Å². The van der Waals surface area contributed by atoms with Gasteiger partial charge in [-0.1, -0.05) is 21.9 Å². The number of hydrogen-bond donors (Lipinski definition) is 1. The van der Waals surface area contributed by atoms with Gasteiger partial charge in [-0.2, -0.15) is 0 Å². The van der Waals surface area contributed by atoms with Crippen LogP contribution in [0.5, 0.6) is 5.75 Å². The third kappa shape index (κ3) is 4.07.